The van der Waals surface area contributed by atoms with Gasteiger partial charge in [0.05, 0.1) is 0 Å². The van der Waals surface area contributed by atoms with E-state index in [9.17, 15) is 0 Å². The number of benzene rings is 1. The number of fused-ring (bicyclic) bond motifs is 1. The molecule has 3 heteroatoms. The summed E-state index contributed by atoms with van der Waals surface area (Å²) in [7, 11) is 0. The third kappa shape index (κ3) is 4.10. The van der Waals surface area contributed by atoms with Gasteiger partial charge in [0.15, 0.2) is 17.3 Å². The summed E-state index contributed by atoms with van der Waals surface area (Å²) in [6, 6.07) is 6.01. The van der Waals surface area contributed by atoms with Crippen molar-refractivity contribution in [2.45, 2.75) is 64.7 Å². The first-order valence-corrected chi connectivity index (χ1v) is 8.96. The molecule has 23 heavy (non-hydrogen) atoms. The molecule has 0 aliphatic carbocycles. The summed E-state index contributed by atoms with van der Waals surface area (Å²) >= 11 is 0. The maximum Gasteiger partial charge on any atom is 0.170 e. The van der Waals surface area contributed by atoms with E-state index in [1.807, 2.05) is 30.6 Å². The number of nitrogens with zero attached hydrogens (tertiary/aromatic N) is 2. The van der Waals surface area contributed by atoms with E-state index >= 15 is 0 Å². The van der Waals surface area contributed by atoms with Crippen molar-refractivity contribution >= 4 is 0 Å². The highest BCUT2D eigenvalue weighted by Crippen LogP contribution is 2.46. The second-order valence-electron chi connectivity index (χ2n) is 6.41. The lowest BCUT2D eigenvalue weighted by atomic mass is 9.92. The van der Waals surface area contributed by atoms with Gasteiger partial charge in [-0.1, -0.05) is 46.0 Å². The zero-order valence-corrected chi connectivity index (χ0v) is 14.2. The Bertz CT molecular complexity index is 637. The van der Waals surface area contributed by atoms with Gasteiger partial charge in [-0.3, -0.25) is 0 Å². The van der Waals surface area contributed by atoms with Gasteiger partial charge in [-0.15, -0.1) is 0 Å². The van der Waals surface area contributed by atoms with Gasteiger partial charge in [-0.05, 0) is 42.5 Å². The molecule has 2 heterocycles. The van der Waals surface area contributed by atoms with Gasteiger partial charge in [0, 0.05) is 18.0 Å². The van der Waals surface area contributed by atoms with Crippen LogP contribution in [0.2, 0.25) is 0 Å². The lowest BCUT2D eigenvalue weighted by molar-refractivity contribution is 0.533. The van der Waals surface area contributed by atoms with Crippen LogP contribution in [0.1, 0.15) is 70.3 Å². The van der Waals surface area contributed by atoms with E-state index < -0.39 is 0 Å². The standard InChI is InChI=1S/C20H26N2O/c1-3-5-6-7-8-9-15(4-2)17-13-21-20(22-14-17)16-10-11-18-19(12-16)23-18/h10-15H,3-9H2,1-2H3. The number of hydrogen-bond acceptors (Lipinski definition) is 3. The SMILES string of the molecule is CCCCCCCC(CC)c1cnc(-c2ccc3c(c2)O3)nc1. The summed E-state index contributed by atoms with van der Waals surface area (Å²) in [6.07, 6.45) is 13.1. The minimum atomic E-state index is 0.586. The Morgan fingerprint density at radius 1 is 0.957 bits per heavy atom. The molecule has 1 aromatic carbocycles. The molecule has 1 atom stereocenters. The Kier molecular flexibility index (Phi) is 5.27. The van der Waals surface area contributed by atoms with Crippen molar-refractivity contribution in [3.05, 3.63) is 36.2 Å². The zero-order chi connectivity index (χ0) is 16.1. The topological polar surface area (TPSA) is 38.3 Å². The van der Waals surface area contributed by atoms with Gasteiger partial charge in [0.1, 0.15) is 0 Å². The minimum absolute atomic E-state index is 0.586. The molecule has 1 aromatic heterocycles. The van der Waals surface area contributed by atoms with Crippen molar-refractivity contribution in [2.24, 2.45) is 0 Å². The Balaban J connectivity index is 1.58. The molecule has 2 aromatic rings. The van der Waals surface area contributed by atoms with Crippen molar-refractivity contribution in [2.75, 3.05) is 0 Å². The largest absolute Gasteiger partial charge is 0.449 e. The van der Waals surface area contributed by atoms with Crippen molar-refractivity contribution in [3.63, 3.8) is 0 Å². The lowest BCUT2D eigenvalue weighted by Gasteiger charge is -2.14. The molecule has 1 aliphatic heterocycles. The van der Waals surface area contributed by atoms with E-state index in [2.05, 4.69) is 23.8 Å². The molecular formula is C20H26N2O. The van der Waals surface area contributed by atoms with Gasteiger partial charge in [-0.2, -0.15) is 0 Å². The van der Waals surface area contributed by atoms with Crippen LogP contribution in [0, 0.1) is 0 Å². The molecule has 0 N–H and O–H groups in total. The predicted octanol–water partition coefficient (Wildman–Crippen LogP) is 6.10. The van der Waals surface area contributed by atoms with E-state index in [0.717, 1.165) is 29.3 Å². The van der Waals surface area contributed by atoms with E-state index in [4.69, 9.17) is 4.74 Å². The minimum Gasteiger partial charge on any atom is -0.449 e. The second-order valence-corrected chi connectivity index (χ2v) is 6.41. The first-order valence-electron chi connectivity index (χ1n) is 8.96. The summed E-state index contributed by atoms with van der Waals surface area (Å²) in [5.41, 5.74) is 2.30. The van der Waals surface area contributed by atoms with E-state index in [-0.39, 0.29) is 0 Å². The Morgan fingerprint density at radius 3 is 2.43 bits per heavy atom. The fraction of sp³-hybridized carbons (Fsp3) is 0.500. The third-order valence-electron chi connectivity index (χ3n) is 4.67. The van der Waals surface area contributed by atoms with Gasteiger partial charge in [0.2, 0.25) is 0 Å². The lowest BCUT2D eigenvalue weighted by Crippen LogP contribution is -2.00. The number of aromatic nitrogens is 2. The second kappa shape index (κ2) is 7.58. The number of ether oxygens (including phenoxy) is 1. The Morgan fingerprint density at radius 2 is 1.74 bits per heavy atom. The van der Waals surface area contributed by atoms with Gasteiger partial charge in [0.25, 0.3) is 0 Å². The fourth-order valence-corrected chi connectivity index (χ4v) is 3.10. The van der Waals surface area contributed by atoms with Crippen molar-refractivity contribution in [1.82, 2.24) is 9.97 Å². The van der Waals surface area contributed by atoms with Crippen molar-refractivity contribution < 1.29 is 4.74 Å². The monoisotopic (exact) mass is 310 g/mol. The normalized spacial score (nSPS) is 13.3. The molecule has 3 nitrogen and oxygen atoms in total. The summed E-state index contributed by atoms with van der Waals surface area (Å²) < 4.78 is 5.30. The molecule has 0 fully saturated rings. The van der Waals surface area contributed by atoms with Crippen LogP contribution in [0.5, 0.6) is 11.5 Å². The zero-order valence-electron chi connectivity index (χ0n) is 14.2. The molecule has 0 radical (unpaired) electrons. The van der Waals surface area contributed by atoms with Gasteiger partial charge >= 0.3 is 0 Å². The third-order valence-corrected chi connectivity index (χ3v) is 4.67. The number of hydrogen-bond donors (Lipinski definition) is 0. The fourth-order valence-electron chi connectivity index (χ4n) is 3.10. The molecule has 0 amide bonds. The van der Waals surface area contributed by atoms with Crippen molar-refractivity contribution in [1.29, 1.82) is 0 Å². The van der Waals surface area contributed by atoms with Crippen LogP contribution in [-0.2, 0) is 0 Å². The van der Waals surface area contributed by atoms with Crippen LogP contribution in [0.3, 0.4) is 0 Å². The summed E-state index contributed by atoms with van der Waals surface area (Å²) in [6.45, 7) is 4.52. The van der Waals surface area contributed by atoms with Gasteiger partial charge in [-0.25, -0.2) is 9.97 Å². The highest BCUT2D eigenvalue weighted by Gasteiger charge is 2.20. The molecule has 0 saturated heterocycles. The Labute approximate surface area is 139 Å². The van der Waals surface area contributed by atoms with E-state index in [1.165, 1.54) is 44.1 Å². The summed E-state index contributed by atoms with van der Waals surface area (Å²) in [5, 5.41) is 0. The highest BCUT2D eigenvalue weighted by molar-refractivity contribution is 5.66. The number of unbranched alkanes of at least 4 members (excludes halogenated alkanes) is 4. The number of rotatable bonds is 9. The smallest absolute Gasteiger partial charge is 0.170 e. The summed E-state index contributed by atoms with van der Waals surface area (Å²) in [4.78, 5) is 9.15. The molecule has 0 saturated carbocycles. The highest BCUT2D eigenvalue weighted by atomic mass is 16.6. The molecule has 122 valence electrons. The van der Waals surface area contributed by atoms with E-state index in [1.54, 1.807) is 0 Å². The van der Waals surface area contributed by atoms with Crippen LogP contribution in [0.4, 0.5) is 0 Å². The summed E-state index contributed by atoms with van der Waals surface area (Å²) in [5.74, 6) is 3.29. The molecule has 1 aliphatic rings. The van der Waals surface area contributed by atoms with Crippen molar-refractivity contribution in [3.8, 4) is 22.9 Å². The maximum atomic E-state index is 5.30. The first kappa shape index (κ1) is 16.0. The molecule has 1 unspecified atom stereocenters. The quantitative estimate of drug-likeness (QED) is 0.354. The molecular weight excluding hydrogens is 284 g/mol. The van der Waals surface area contributed by atoms with E-state index in [0.29, 0.717) is 5.92 Å². The molecule has 3 rings (SSSR count). The van der Waals surface area contributed by atoms with Crippen LogP contribution in [-0.4, -0.2) is 9.97 Å². The van der Waals surface area contributed by atoms with Crippen LogP contribution < -0.4 is 4.74 Å². The van der Waals surface area contributed by atoms with Gasteiger partial charge < -0.3 is 4.74 Å². The van der Waals surface area contributed by atoms with Crippen LogP contribution >= 0.6 is 0 Å². The average Bonchev–Trinajstić information content (AvgIpc) is 3.37. The maximum absolute atomic E-state index is 5.30. The predicted molar refractivity (Wildman–Crippen MR) is 94.0 cm³/mol. The van der Waals surface area contributed by atoms with Crippen LogP contribution in [0.15, 0.2) is 30.6 Å². The Hall–Kier alpha value is -1.90. The molecule has 0 spiro atoms. The van der Waals surface area contributed by atoms with Crippen LogP contribution in [0.25, 0.3) is 11.4 Å². The average molecular weight is 310 g/mol. The first-order chi connectivity index (χ1) is 11.3. The molecule has 0 bridgehead atoms.